The lowest BCUT2D eigenvalue weighted by Gasteiger charge is -2.39. The van der Waals surface area contributed by atoms with E-state index in [1.807, 2.05) is 6.20 Å². The molecule has 1 aromatic rings. The molecule has 5 heteroatoms. The minimum absolute atomic E-state index is 0.633. The van der Waals surface area contributed by atoms with E-state index in [9.17, 15) is 0 Å². The summed E-state index contributed by atoms with van der Waals surface area (Å²) in [5.41, 5.74) is 3.61. The normalized spacial score (nSPS) is 24.0. The van der Waals surface area contributed by atoms with Crippen molar-refractivity contribution < 1.29 is 0 Å². The summed E-state index contributed by atoms with van der Waals surface area (Å²) in [5.74, 6) is 0. The lowest BCUT2D eigenvalue weighted by atomic mass is 10.00. The molecule has 0 radical (unpaired) electrons. The smallest absolute Gasteiger partial charge is 0.185 e. The second-order valence-corrected chi connectivity index (χ2v) is 6.75. The number of nitrogens with zero attached hydrogens (tertiary/aromatic N) is 3. The summed E-state index contributed by atoms with van der Waals surface area (Å²) < 4.78 is 0. The van der Waals surface area contributed by atoms with Crippen molar-refractivity contribution in [3.63, 3.8) is 0 Å². The summed E-state index contributed by atoms with van der Waals surface area (Å²) in [4.78, 5) is 8.17. The third-order valence-electron chi connectivity index (χ3n) is 4.20. The first-order valence-corrected chi connectivity index (χ1v) is 8.68. The van der Waals surface area contributed by atoms with Crippen molar-refractivity contribution in [3.05, 3.63) is 11.1 Å². The van der Waals surface area contributed by atoms with Crippen LogP contribution < -0.4 is 10.3 Å². The van der Waals surface area contributed by atoms with E-state index in [2.05, 4.69) is 48.0 Å². The van der Waals surface area contributed by atoms with Gasteiger partial charge in [-0.1, -0.05) is 6.42 Å². The van der Waals surface area contributed by atoms with Gasteiger partial charge in [0.2, 0.25) is 0 Å². The third kappa shape index (κ3) is 3.71. The number of rotatable bonds is 6. The van der Waals surface area contributed by atoms with Gasteiger partial charge < -0.3 is 4.90 Å². The van der Waals surface area contributed by atoms with Crippen LogP contribution in [0.25, 0.3) is 0 Å². The van der Waals surface area contributed by atoms with Crippen molar-refractivity contribution >= 4 is 16.5 Å². The zero-order valence-electron chi connectivity index (χ0n) is 13.2. The van der Waals surface area contributed by atoms with Gasteiger partial charge >= 0.3 is 0 Å². The van der Waals surface area contributed by atoms with Crippen LogP contribution in [-0.2, 0) is 6.54 Å². The molecule has 0 amide bonds. The first-order valence-electron chi connectivity index (χ1n) is 7.87. The van der Waals surface area contributed by atoms with Crippen molar-refractivity contribution in [2.75, 3.05) is 18.0 Å². The molecule has 2 rings (SSSR count). The van der Waals surface area contributed by atoms with Gasteiger partial charge in [-0.25, -0.2) is 15.4 Å². The van der Waals surface area contributed by atoms with Crippen LogP contribution in [0.3, 0.4) is 0 Å². The van der Waals surface area contributed by atoms with Gasteiger partial charge in [0.1, 0.15) is 0 Å². The molecule has 0 aromatic carbocycles. The van der Waals surface area contributed by atoms with Crippen LogP contribution in [-0.4, -0.2) is 35.2 Å². The third-order valence-corrected chi connectivity index (χ3v) is 5.26. The van der Waals surface area contributed by atoms with E-state index in [0.29, 0.717) is 12.1 Å². The van der Waals surface area contributed by atoms with E-state index in [4.69, 9.17) is 0 Å². The second kappa shape index (κ2) is 7.38. The highest BCUT2D eigenvalue weighted by Crippen LogP contribution is 2.24. The number of piperidine rings is 1. The van der Waals surface area contributed by atoms with Crippen LogP contribution in [0.1, 0.15) is 51.8 Å². The Morgan fingerprint density at radius 1 is 1.30 bits per heavy atom. The number of hydrogen-bond donors (Lipinski definition) is 1. The molecule has 0 spiro atoms. The summed E-state index contributed by atoms with van der Waals surface area (Å²) in [6.07, 6.45) is 5.97. The zero-order valence-corrected chi connectivity index (χ0v) is 14.0. The van der Waals surface area contributed by atoms with Crippen LogP contribution in [0.15, 0.2) is 6.20 Å². The molecule has 114 valence electrons. The van der Waals surface area contributed by atoms with Gasteiger partial charge in [0.15, 0.2) is 5.13 Å². The maximum atomic E-state index is 4.55. The lowest BCUT2D eigenvalue weighted by molar-refractivity contribution is 0.0439. The number of thiazole rings is 1. The molecule has 2 heterocycles. The maximum Gasteiger partial charge on any atom is 0.185 e. The first-order chi connectivity index (χ1) is 9.65. The first kappa shape index (κ1) is 15.7. The Labute approximate surface area is 127 Å². The van der Waals surface area contributed by atoms with Crippen molar-refractivity contribution in [3.8, 4) is 0 Å². The molecule has 1 aromatic heterocycles. The van der Waals surface area contributed by atoms with Crippen molar-refractivity contribution in [1.29, 1.82) is 0 Å². The number of hydrazine groups is 1. The molecule has 2 unspecified atom stereocenters. The predicted octanol–water partition coefficient (Wildman–Crippen LogP) is 3.26. The molecule has 1 N–H and O–H groups in total. The Kier molecular flexibility index (Phi) is 5.81. The van der Waals surface area contributed by atoms with Crippen molar-refractivity contribution in [2.24, 2.45) is 0 Å². The Morgan fingerprint density at radius 2 is 1.95 bits per heavy atom. The molecular weight excluding hydrogens is 268 g/mol. The van der Waals surface area contributed by atoms with Crippen LogP contribution in [0, 0.1) is 0 Å². The van der Waals surface area contributed by atoms with E-state index in [1.165, 1.54) is 24.1 Å². The number of hydrogen-bond acceptors (Lipinski definition) is 5. The summed E-state index contributed by atoms with van der Waals surface area (Å²) >= 11 is 1.81. The molecule has 0 aliphatic carbocycles. The maximum absolute atomic E-state index is 4.55. The molecular formula is C15H28N4S. The van der Waals surface area contributed by atoms with Gasteiger partial charge in [-0.15, -0.1) is 11.3 Å². The van der Waals surface area contributed by atoms with Crippen LogP contribution in [0.5, 0.6) is 0 Å². The Bertz CT molecular complexity index is 392. The fourth-order valence-electron chi connectivity index (χ4n) is 2.92. The van der Waals surface area contributed by atoms with E-state index in [1.54, 1.807) is 11.3 Å². The quantitative estimate of drug-likeness (QED) is 0.873. The van der Waals surface area contributed by atoms with Crippen LogP contribution >= 0.6 is 11.3 Å². The molecule has 1 aliphatic rings. The average molecular weight is 296 g/mol. The van der Waals surface area contributed by atoms with Crippen molar-refractivity contribution in [1.82, 2.24) is 15.4 Å². The van der Waals surface area contributed by atoms with E-state index < -0.39 is 0 Å². The molecule has 1 saturated heterocycles. The highest BCUT2D eigenvalue weighted by atomic mass is 32.1. The molecule has 1 fully saturated rings. The zero-order chi connectivity index (χ0) is 14.5. The van der Waals surface area contributed by atoms with Gasteiger partial charge in [0.25, 0.3) is 0 Å². The molecule has 2 atom stereocenters. The standard InChI is InChI=1S/C15H28N4S/c1-5-18(6-2)15-16-10-14(20-15)11-17-19-12(3)8-7-9-13(19)4/h10,12-13,17H,5-9,11H2,1-4H3. The van der Waals surface area contributed by atoms with Crippen LogP contribution in [0.2, 0.25) is 0 Å². The summed E-state index contributed by atoms with van der Waals surface area (Å²) in [6, 6.07) is 1.27. The minimum atomic E-state index is 0.633. The summed E-state index contributed by atoms with van der Waals surface area (Å²) in [7, 11) is 0. The molecule has 20 heavy (non-hydrogen) atoms. The summed E-state index contributed by atoms with van der Waals surface area (Å²) in [5, 5.41) is 3.58. The number of aromatic nitrogens is 1. The van der Waals surface area contributed by atoms with Gasteiger partial charge in [-0.05, 0) is 40.5 Å². The van der Waals surface area contributed by atoms with Crippen LogP contribution in [0.4, 0.5) is 5.13 Å². The number of anilines is 1. The minimum Gasteiger partial charge on any atom is -0.349 e. The predicted molar refractivity (Wildman–Crippen MR) is 87.1 cm³/mol. The fraction of sp³-hybridized carbons (Fsp3) is 0.800. The van der Waals surface area contributed by atoms with E-state index in [-0.39, 0.29) is 0 Å². The number of nitrogens with one attached hydrogen (secondary N) is 1. The molecule has 1 aliphatic heterocycles. The highest BCUT2D eigenvalue weighted by Gasteiger charge is 2.24. The van der Waals surface area contributed by atoms with E-state index >= 15 is 0 Å². The Morgan fingerprint density at radius 3 is 2.55 bits per heavy atom. The molecule has 4 nitrogen and oxygen atoms in total. The van der Waals surface area contributed by atoms with Gasteiger partial charge in [0.05, 0.1) is 0 Å². The van der Waals surface area contributed by atoms with Gasteiger partial charge in [0, 0.05) is 42.8 Å². The van der Waals surface area contributed by atoms with E-state index in [0.717, 1.165) is 24.8 Å². The Balaban J connectivity index is 1.90. The monoisotopic (exact) mass is 296 g/mol. The van der Waals surface area contributed by atoms with Gasteiger partial charge in [-0.2, -0.15) is 0 Å². The SMILES string of the molecule is CCN(CC)c1ncc(CNN2C(C)CCCC2C)s1. The Hall–Kier alpha value is -0.650. The van der Waals surface area contributed by atoms with Crippen molar-refractivity contribution in [2.45, 2.75) is 65.6 Å². The molecule has 0 bridgehead atoms. The fourth-order valence-corrected chi connectivity index (χ4v) is 3.89. The van der Waals surface area contributed by atoms with Gasteiger partial charge in [-0.3, -0.25) is 0 Å². The lowest BCUT2D eigenvalue weighted by Crippen LogP contribution is -2.51. The summed E-state index contributed by atoms with van der Waals surface area (Å²) in [6.45, 7) is 11.9. The second-order valence-electron chi connectivity index (χ2n) is 5.65. The largest absolute Gasteiger partial charge is 0.349 e. The highest BCUT2D eigenvalue weighted by molar-refractivity contribution is 7.15. The average Bonchev–Trinajstić information content (AvgIpc) is 2.88. The topological polar surface area (TPSA) is 31.4 Å². The molecule has 0 saturated carbocycles.